The fourth-order valence-electron chi connectivity index (χ4n) is 2.91. The van der Waals surface area contributed by atoms with Crippen LogP contribution >= 0.6 is 0 Å². The second-order valence-corrected chi connectivity index (χ2v) is 6.46. The lowest BCUT2D eigenvalue weighted by Gasteiger charge is -2.20. The number of anilines is 5. The summed E-state index contributed by atoms with van der Waals surface area (Å²) in [5.41, 5.74) is 1.09. The van der Waals surface area contributed by atoms with Crippen molar-refractivity contribution in [1.82, 2.24) is 15.0 Å². The lowest BCUT2D eigenvalue weighted by molar-refractivity contribution is 0.880. The Morgan fingerprint density at radius 1 is 0.828 bits per heavy atom. The summed E-state index contributed by atoms with van der Waals surface area (Å²) < 4.78 is 0. The van der Waals surface area contributed by atoms with Gasteiger partial charge in [-0.25, -0.2) is 9.97 Å². The lowest BCUT2D eigenvalue weighted by Crippen LogP contribution is -2.37. The van der Waals surface area contributed by atoms with Crippen molar-refractivity contribution in [3.63, 3.8) is 0 Å². The summed E-state index contributed by atoms with van der Waals surface area (Å²) in [6, 6.07) is 13.0. The molecule has 0 saturated heterocycles. The Hall–Kier alpha value is -4.07. The van der Waals surface area contributed by atoms with Crippen molar-refractivity contribution < 1.29 is 0 Å². The van der Waals surface area contributed by atoms with Crippen LogP contribution in [0.5, 0.6) is 0 Å². The molecule has 1 atom stereocenters. The first-order valence-electron chi connectivity index (χ1n) is 9.03. The van der Waals surface area contributed by atoms with Crippen molar-refractivity contribution in [2.45, 2.75) is 13.0 Å². The highest BCUT2D eigenvalue weighted by atomic mass is 16.2. The van der Waals surface area contributed by atoms with E-state index in [2.05, 4.69) is 30.9 Å². The molecule has 0 spiro atoms. The minimum atomic E-state index is -0.548. The summed E-state index contributed by atoms with van der Waals surface area (Å²) in [4.78, 5) is 36.5. The Morgan fingerprint density at radius 3 is 2.34 bits per heavy atom. The van der Waals surface area contributed by atoms with Crippen LogP contribution < -0.4 is 26.8 Å². The van der Waals surface area contributed by atoms with Gasteiger partial charge in [0.2, 0.25) is 0 Å². The molecule has 4 rings (SSSR count). The van der Waals surface area contributed by atoms with Gasteiger partial charge in [0, 0.05) is 36.4 Å². The predicted octanol–water partition coefficient (Wildman–Crippen LogP) is 3.13. The predicted molar refractivity (Wildman–Crippen MR) is 113 cm³/mol. The number of aromatic nitrogens is 3. The minimum Gasteiger partial charge on any atom is -0.373 e. The van der Waals surface area contributed by atoms with Crippen LogP contribution in [0.2, 0.25) is 0 Å². The Bertz CT molecular complexity index is 1190. The maximum atomic E-state index is 12.1. The first-order chi connectivity index (χ1) is 14.1. The molecule has 2 aromatic heterocycles. The molecule has 2 aromatic carbocycles. The van der Waals surface area contributed by atoms with Gasteiger partial charge in [-0.2, -0.15) is 0 Å². The van der Waals surface area contributed by atoms with Crippen molar-refractivity contribution in [2.24, 2.45) is 0 Å². The van der Waals surface area contributed by atoms with Crippen molar-refractivity contribution in [2.75, 3.05) is 16.0 Å². The van der Waals surface area contributed by atoms with E-state index in [0.717, 1.165) is 5.56 Å². The molecule has 0 unspecified atom stereocenters. The third-order valence-electron chi connectivity index (χ3n) is 4.42. The fraction of sp³-hybridized carbons (Fsp3) is 0.0952. The summed E-state index contributed by atoms with van der Waals surface area (Å²) in [7, 11) is 0. The number of rotatable bonds is 7. The standard InChI is InChI=1S/C21H18N6O2/c1-13(14-5-3-2-4-6-14)25-18-19(21(29)20(18)28)26-15-7-8-23-16(11-15)27-17-12-22-9-10-24-17/h2-13,25H,1H3,(H2,23,24,26,27)/t13-/m1/s1. The van der Waals surface area contributed by atoms with Gasteiger partial charge >= 0.3 is 0 Å². The van der Waals surface area contributed by atoms with Gasteiger partial charge in [0.1, 0.15) is 23.0 Å². The Labute approximate surface area is 166 Å². The molecule has 29 heavy (non-hydrogen) atoms. The SMILES string of the molecule is C[C@@H](Nc1c(Nc2ccnc(Nc3cnccn3)c2)c(=O)c1=O)c1ccccc1. The van der Waals surface area contributed by atoms with Gasteiger partial charge in [0.15, 0.2) is 0 Å². The summed E-state index contributed by atoms with van der Waals surface area (Å²) in [5.74, 6) is 1.08. The van der Waals surface area contributed by atoms with E-state index < -0.39 is 10.9 Å². The number of nitrogens with one attached hydrogen (secondary N) is 3. The molecule has 0 radical (unpaired) electrons. The average molecular weight is 386 g/mol. The van der Waals surface area contributed by atoms with E-state index in [0.29, 0.717) is 17.3 Å². The van der Waals surface area contributed by atoms with Gasteiger partial charge in [0.25, 0.3) is 10.9 Å². The van der Waals surface area contributed by atoms with Gasteiger partial charge in [0.05, 0.1) is 6.20 Å². The fourth-order valence-corrected chi connectivity index (χ4v) is 2.91. The van der Waals surface area contributed by atoms with E-state index in [-0.39, 0.29) is 17.4 Å². The smallest absolute Gasteiger partial charge is 0.253 e. The maximum Gasteiger partial charge on any atom is 0.253 e. The molecular formula is C21H18N6O2. The Balaban J connectivity index is 1.52. The highest BCUT2D eigenvalue weighted by Gasteiger charge is 2.23. The second kappa shape index (κ2) is 7.89. The number of nitrogens with zero attached hydrogens (tertiary/aromatic N) is 3. The number of pyridine rings is 1. The quantitative estimate of drug-likeness (QED) is 0.416. The van der Waals surface area contributed by atoms with Crippen LogP contribution in [-0.4, -0.2) is 15.0 Å². The van der Waals surface area contributed by atoms with Crippen LogP contribution in [0.3, 0.4) is 0 Å². The zero-order valence-corrected chi connectivity index (χ0v) is 15.6. The zero-order chi connectivity index (χ0) is 20.2. The minimum absolute atomic E-state index is 0.119. The monoisotopic (exact) mass is 386 g/mol. The third kappa shape index (κ3) is 3.96. The number of hydrogen-bond donors (Lipinski definition) is 3. The highest BCUT2D eigenvalue weighted by Crippen LogP contribution is 2.26. The summed E-state index contributed by atoms with van der Waals surface area (Å²) in [5, 5.41) is 9.19. The summed E-state index contributed by atoms with van der Waals surface area (Å²) >= 11 is 0. The number of benzene rings is 1. The third-order valence-corrected chi connectivity index (χ3v) is 4.42. The molecule has 0 fully saturated rings. The van der Waals surface area contributed by atoms with Crippen LogP contribution in [-0.2, 0) is 0 Å². The zero-order valence-electron chi connectivity index (χ0n) is 15.6. The topological polar surface area (TPSA) is 109 Å². The molecule has 144 valence electrons. The molecule has 0 bridgehead atoms. The normalized spacial score (nSPS) is 11.8. The molecule has 4 aromatic rings. The van der Waals surface area contributed by atoms with Gasteiger partial charge in [-0.05, 0) is 18.6 Å². The number of hydrogen-bond acceptors (Lipinski definition) is 8. The van der Waals surface area contributed by atoms with Gasteiger partial charge < -0.3 is 16.0 Å². The van der Waals surface area contributed by atoms with Gasteiger partial charge in [-0.3, -0.25) is 14.6 Å². The van der Waals surface area contributed by atoms with E-state index in [1.807, 2.05) is 37.3 Å². The molecule has 0 aliphatic carbocycles. The molecular weight excluding hydrogens is 368 g/mol. The van der Waals surface area contributed by atoms with E-state index >= 15 is 0 Å². The molecule has 0 amide bonds. The van der Waals surface area contributed by atoms with Crippen LogP contribution in [0, 0.1) is 0 Å². The average Bonchev–Trinajstić information content (AvgIpc) is 2.77. The van der Waals surface area contributed by atoms with E-state index in [9.17, 15) is 9.59 Å². The molecule has 8 heteroatoms. The highest BCUT2D eigenvalue weighted by molar-refractivity contribution is 5.79. The second-order valence-electron chi connectivity index (χ2n) is 6.46. The van der Waals surface area contributed by atoms with Gasteiger partial charge in [-0.1, -0.05) is 30.3 Å². The summed E-state index contributed by atoms with van der Waals surface area (Å²) in [6.45, 7) is 1.94. The van der Waals surface area contributed by atoms with Crippen LogP contribution in [0.4, 0.5) is 28.7 Å². The molecule has 0 saturated carbocycles. The Morgan fingerprint density at radius 2 is 1.59 bits per heavy atom. The Kier molecular flexibility index (Phi) is 4.98. The van der Waals surface area contributed by atoms with Crippen molar-refractivity contribution >= 4 is 28.7 Å². The first-order valence-corrected chi connectivity index (χ1v) is 9.03. The van der Waals surface area contributed by atoms with E-state index in [1.165, 1.54) is 0 Å². The molecule has 0 aliphatic rings. The molecule has 2 heterocycles. The van der Waals surface area contributed by atoms with Gasteiger partial charge in [-0.15, -0.1) is 0 Å². The molecule has 8 nitrogen and oxygen atoms in total. The molecule has 0 aliphatic heterocycles. The van der Waals surface area contributed by atoms with Crippen LogP contribution in [0.25, 0.3) is 0 Å². The maximum absolute atomic E-state index is 12.1. The van der Waals surface area contributed by atoms with Crippen molar-refractivity contribution in [1.29, 1.82) is 0 Å². The van der Waals surface area contributed by atoms with E-state index in [1.54, 1.807) is 36.9 Å². The summed E-state index contributed by atoms with van der Waals surface area (Å²) in [6.07, 6.45) is 6.31. The van der Waals surface area contributed by atoms with E-state index in [4.69, 9.17) is 0 Å². The van der Waals surface area contributed by atoms with Crippen molar-refractivity contribution in [3.05, 3.63) is 93.3 Å². The first kappa shape index (κ1) is 18.3. The lowest BCUT2D eigenvalue weighted by atomic mass is 10.1. The largest absolute Gasteiger partial charge is 0.373 e. The van der Waals surface area contributed by atoms with Crippen molar-refractivity contribution in [3.8, 4) is 0 Å². The van der Waals surface area contributed by atoms with Crippen LogP contribution in [0.15, 0.2) is 76.8 Å². The molecule has 3 N–H and O–H groups in total. The van der Waals surface area contributed by atoms with Crippen LogP contribution in [0.1, 0.15) is 18.5 Å².